The Hall–Kier alpha value is -1.19. The zero-order valence-electron chi connectivity index (χ0n) is 10.2. The fourth-order valence-electron chi connectivity index (χ4n) is 2.10. The summed E-state index contributed by atoms with van der Waals surface area (Å²) in [6.07, 6.45) is 0. The standard InChI is InChI=1S/C15H10Cl3NO/c16-9-4-5-12-8(6-9)7-13(20-12)15(19)10-2-1-3-11(17)14(10)18/h1-7,15H,19H2. The van der Waals surface area contributed by atoms with Crippen LogP contribution in [-0.2, 0) is 0 Å². The Morgan fingerprint density at radius 1 is 1.00 bits per heavy atom. The molecule has 0 fully saturated rings. The van der Waals surface area contributed by atoms with Crippen molar-refractivity contribution in [1.82, 2.24) is 0 Å². The van der Waals surface area contributed by atoms with Gasteiger partial charge in [0.2, 0.25) is 0 Å². The maximum atomic E-state index is 6.22. The van der Waals surface area contributed by atoms with Crippen molar-refractivity contribution < 1.29 is 4.42 Å². The zero-order valence-corrected chi connectivity index (χ0v) is 12.5. The van der Waals surface area contributed by atoms with E-state index in [1.807, 2.05) is 30.3 Å². The summed E-state index contributed by atoms with van der Waals surface area (Å²) >= 11 is 18.2. The second kappa shape index (κ2) is 5.30. The highest BCUT2D eigenvalue weighted by atomic mass is 35.5. The molecule has 3 aromatic rings. The van der Waals surface area contributed by atoms with Gasteiger partial charge in [-0.25, -0.2) is 0 Å². The first kappa shape index (κ1) is 13.8. The number of hydrogen-bond acceptors (Lipinski definition) is 2. The molecular weight excluding hydrogens is 317 g/mol. The lowest BCUT2D eigenvalue weighted by molar-refractivity contribution is 0.525. The van der Waals surface area contributed by atoms with E-state index in [1.165, 1.54) is 0 Å². The van der Waals surface area contributed by atoms with E-state index in [4.69, 9.17) is 45.0 Å². The minimum absolute atomic E-state index is 0.445. The summed E-state index contributed by atoms with van der Waals surface area (Å²) in [7, 11) is 0. The zero-order chi connectivity index (χ0) is 14.3. The molecule has 0 saturated heterocycles. The molecule has 2 aromatic carbocycles. The summed E-state index contributed by atoms with van der Waals surface area (Å²) in [5, 5.41) is 2.47. The third-order valence-corrected chi connectivity index (χ3v) is 4.19. The molecule has 3 rings (SSSR count). The summed E-state index contributed by atoms with van der Waals surface area (Å²) in [4.78, 5) is 0. The van der Waals surface area contributed by atoms with Crippen LogP contribution in [0.3, 0.4) is 0 Å². The Balaban J connectivity index is 2.08. The van der Waals surface area contributed by atoms with Gasteiger partial charge in [0.1, 0.15) is 11.3 Å². The van der Waals surface area contributed by atoms with Crippen LogP contribution in [-0.4, -0.2) is 0 Å². The van der Waals surface area contributed by atoms with E-state index in [1.54, 1.807) is 12.1 Å². The quantitative estimate of drug-likeness (QED) is 0.681. The van der Waals surface area contributed by atoms with Crippen LogP contribution in [0.2, 0.25) is 15.1 Å². The van der Waals surface area contributed by atoms with E-state index in [2.05, 4.69) is 0 Å². The van der Waals surface area contributed by atoms with Crippen LogP contribution in [0.5, 0.6) is 0 Å². The lowest BCUT2D eigenvalue weighted by atomic mass is 10.1. The molecule has 1 unspecified atom stereocenters. The van der Waals surface area contributed by atoms with Crippen molar-refractivity contribution in [2.45, 2.75) is 6.04 Å². The maximum absolute atomic E-state index is 6.22. The van der Waals surface area contributed by atoms with Gasteiger partial charge >= 0.3 is 0 Å². The third-order valence-electron chi connectivity index (χ3n) is 3.12. The highest BCUT2D eigenvalue weighted by Crippen LogP contribution is 2.34. The molecule has 0 radical (unpaired) electrons. The molecule has 0 aliphatic heterocycles. The van der Waals surface area contributed by atoms with Gasteiger partial charge in [0.15, 0.2) is 0 Å². The second-order valence-electron chi connectivity index (χ2n) is 4.45. The number of rotatable bonds is 2. The number of furan rings is 1. The third kappa shape index (κ3) is 2.40. The van der Waals surface area contributed by atoms with E-state index in [0.29, 0.717) is 20.8 Å². The first-order valence-corrected chi connectivity index (χ1v) is 7.08. The summed E-state index contributed by atoms with van der Waals surface area (Å²) in [6, 6.07) is 12.2. The average Bonchev–Trinajstić information content (AvgIpc) is 2.84. The minimum Gasteiger partial charge on any atom is -0.459 e. The topological polar surface area (TPSA) is 39.2 Å². The van der Waals surface area contributed by atoms with Crippen molar-refractivity contribution in [2.75, 3.05) is 0 Å². The molecule has 2 nitrogen and oxygen atoms in total. The average molecular weight is 327 g/mol. The lowest BCUT2D eigenvalue weighted by Crippen LogP contribution is -2.11. The second-order valence-corrected chi connectivity index (χ2v) is 5.67. The predicted octanol–water partition coefficient (Wildman–Crippen LogP) is 5.44. The predicted molar refractivity (Wildman–Crippen MR) is 83.7 cm³/mol. The van der Waals surface area contributed by atoms with Crippen molar-refractivity contribution in [2.24, 2.45) is 5.73 Å². The van der Waals surface area contributed by atoms with Crippen molar-refractivity contribution in [3.05, 3.63) is 68.9 Å². The van der Waals surface area contributed by atoms with Crippen LogP contribution in [0.1, 0.15) is 17.4 Å². The summed E-state index contributed by atoms with van der Waals surface area (Å²) in [5.41, 5.74) is 7.68. The van der Waals surface area contributed by atoms with Crippen LogP contribution in [0.4, 0.5) is 0 Å². The van der Waals surface area contributed by atoms with Gasteiger partial charge in [-0.2, -0.15) is 0 Å². The van der Waals surface area contributed by atoms with Crippen LogP contribution < -0.4 is 5.73 Å². The SMILES string of the molecule is NC(c1cc2cc(Cl)ccc2o1)c1cccc(Cl)c1Cl. The van der Waals surface area contributed by atoms with Gasteiger partial charge in [-0.05, 0) is 35.9 Å². The van der Waals surface area contributed by atoms with Crippen molar-refractivity contribution in [3.63, 3.8) is 0 Å². The van der Waals surface area contributed by atoms with Gasteiger partial charge in [-0.1, -0.05) is 46.9 Å². The van der Waals surface area contributed by atoms with Crippen molar-refractivity contribution >= 4 is 45.8 Å². The number of hydrogen-bond donors (Lipinski definition) is 1. The Morgan fingerprint density at radius 3 is 2.60 bits per heavy atom. The minimum atomic E-state index is -0.479. The monoisotopic (exact) mass is 325 g/mol. The van der Waals surface area contributed by atoms with Crippen molar-refractivity contribution in [1.29, 1.82) is 0 Å². The van der Waals surface area contributed by atoms with Gasteiger partial charge in [0.05, 0.1) is 16.1 Å². The van der Waals surface area contributed by atoms with Crippen LogP contribution in [0.25, 0.3) is 11.0 Å². The first-order valence-electron chi connectivity index (χ1n) is 5.95. The van der Waals surface area contributed by atoms with Crippen molar-refractivity contribution in [3.8, 4) is 0 Å². The maximum Gasteiger partial charge on any atom is 0.134 e. The largest absolute Gasteiger partial charge is 0.459 e. The lowest BCUT2D eigenvalue weighted by Gasteiger charge is -2.11. The molecule has 0 bridgehead atoms. The smallest absolute Gasteiger partial charge is 0.134 e. The Kier molecular flexibility index (Phi) is 3.65. The Bertz CT molecular complexity index is 782. The number of benzene rings is 2. The number of halogens is 3. The molecule has 0 amide bonds. The fourth-order valence-corrected chi connectivity index (χ4v) is 2.71. The van der Waals surface area contributed by atoms with E-state index >= 15 is 0 Å². The van der Waals surface area contributed by atoms with Crippen LogP contribution >= 0.6 is 34.8 Å². The number of nitrogens with two attached hydrogens (primary N) is 1. The normalized spacial score (nSPS) is 12.8. The van der Waals surface area contributed by atoms with E-state index in [9.17, 15) is 0 Å². The summed E-state index contributed by atoms with van der Waals surface area (Å²) in [5.74, 6) is 0.617. The summed E-state index contributed by atoms with van der Waals surface area (Å²) in [6.45, 7) is 0. The van der Waals surface area contributed by atoms with E-state index < -0.39 is 6.04 Å². The van der Waals surface area contributed by atoms with E-state index in [-0.39, 0.29) is 0 Å². The van der Waals surface area contributed by atoms with Gasteiger partial charge in [-0.15, -0.1) is 0 Å². The van der Waals surface area contributed by atoms with Gasteiger partial charge in [0.25, 0.3) is 0 Å². The number of fused-ring (bicyclic) bond motifs is 1. The molecular formula is C15H10Cl3NO. The molecule has 1 aromatic heterocycles. The molecule has 0 spiro atoms. The molecule has 5 heteroatoms. The van der Waals surface area contributed by atoms with Gasteiger partial charge < -0.3 is 10.2 Å². The van der Waals surface area contributed by atoms with Gasteiger partial charge in [0, 0.05) is 10.4 Å². The van der Waals surface area contributed by atoms with Gasteiger partial charge in [-0.3, -0.25) is 0 Å². The highest BCUT2D eigenvalue weighted by Gasteiger charge is 2.18. The molecule has 0 aliphatic carbocycles. The molecule has 102 valence electrons. The molecule has 1 heterocycles. The molecule has 20 heavy (non-hydrogen) atoms. The molecule has 2 N–H and O–H groups in total. The fraction of sp³-hybridized carbons (Fsp3) is 0.0667. The first-order chi connectivity index (χ1) is 9.56. The molecule has 0 saturated carbocycles. The van der Waals surface area contributed by atoms with Crippen LogP contribution in [0, 0.1) is 0 Å². The molecule has 1 atom stereocenters. The van der Waals surface area contributed by atoms with Crippen LogP contribution in [0.15, 0.2) is 46.9 Å². The molecule has 0 aliphatic rings. The summed E-state index contributed by atoms with van der Waals surface area (Å²) < 4.78 is 5.75. The van der Waals surface area contributed by atoms with E-state index in [0.717, 1.165) is 16.5 Å². The highest BCUT2D eigenvalue weighted by molar-refractivity contribution is 6.42. The Labute approximate surface area is 131 Å². The Morgan fingerprint density at radius 2 is 1.80 bits per heavy atom.